The van der Waals surface area contributed by atoms with Crippen LogP contribution in [0.25, 0.3) is 0 Å². The molecule has 1 aromatic heterocycles. The normalized spacial score (nSPS) is 8.00. The van der Waals surface area contributed by atoms with Gasteiger partial charge >= 0.3 is 0 Å². The van der Waals surface area contributed by atoms with Crippen molar-refractivity contribution >= 4 is 11.6 Å². The summed E-state index contributed by atoms with van der Waals surface area (Å²) in [6.07, 6.45) is 3.26. The number of alkyl halides is 1. The van der Waals surface area contributed by atoms with Crippen LogP contribution in [0.15, 0.2) is 12.3 Å². The fourth-order valence-electron chi connectivity index (χ4n) is 0.440. The first kappa shape index (κ1) is 8.50. The molecule has 52 valence electrons. The van der Waals surface area contributed by atoms with Crippen LogP contribution in [0.1, 0.15) is 5.69 Å². The van der Waals surface area contributed by atoms with E-state index in [2.05, 4.69) is 16.7 Å². The number of aromatic nitrogens is 2. The maximum absolute atomic E-state index is 4.64. The van der Waals surface area contributed by atoms with Crippen LogP contribution in [0.3, 0.4) is 0 Å². The summed E-state index contributed by atoms with van der Waals surface area (Å²) < 4.78 is 1.83. The van der Waals surface area contributed by atoms with Crippen LogP contribution in [0, 0.1) is 6.92 Å². The Balaban J connectivity index is 0.000000291. The van der Waals surface area contributed by atoms with E-state index < -0.39 is 0 Å². The Bertz CT molecular complexity index is 143. The van der Waals surface area contributed by atoms with Crippen LogP contribution in [-0.4, -0.2) is 16.2 Å². The molecule has 1 rings (SSSR count). The van der Waals surface area contributed by atoms with E-state index in [-0.39, 0.29) is 0 Å². The van der Waals surface area contributed by atoms with E-state index in [1.54, 1.807) is 6.20 Å². The van der Waals surface area contributed by atoms with Crippen LogP contribution >= 0.6 is 11.6 Å². The molecule has 0 aliphatic carbocycles. The molecule has 0 saturated heterocycles. The van der Waals surface area contributed by atoms with E-state index in [1.807, 2.05) is 24.7 Å². The molecule has 0 unspecified atom stereocenters. The van der Waals surface area contributed by atoms with E-state index in [0.717, 1.165) is 0 Å². The molecule has 0 atom stereocenters. The molecule has 0 saturated carbocycles. The number of aryl methyl sites for hydroxylation is 2. The molecular weight excluding hydrogens is 136 g/mol. The molecule has 0 aliphatic heterocycles. The summed E-state index contributed by atoms with van der Waals surface area (Å²) in [4.78, 5) is 0. The van der Waals surface area contributed by atoms with Gasteiger partial charge in [-0.2, -0.15) is 5.10 Å². The predicted octanol–water partition coefficient (Wildman–Crippen LogP) is 1.58. The molecule has 0 amide bonds. The topological polar surface area (TPSA) is 17.8 Å². The zero-order valence-electron chi connectivity index (χ0n) is 5.93. The third-order valence-corrected chi connectivity index (χ3v) is 1.07. The highest BCUT2D eigenvalue weighted by molar-refractivity contribution is 6.15. The molecule has 0 spiro atoms. The molecule has 0 bridgehead atoms. The minimum absolute atomic E-state index is 1.19. The average molecular weight is 147 g/mol. The van der Waals surface area contributed by atoms with Gasteiger partial charge in [0.05, 0.1) is 0 Å². The summed E-state index contributed by atoms with van der Waals surface area (Å²) >= 11 is 4.64. The minimum Gasteiger partial charge on any atom is -0.273 e. The molecule has 0 aromatic carbocycles. The SMILES string of the molecule is CCl.Cc1ccnn1C. The van der Waals surface area contributed by atoms with Gasteiger partial charge in [0.25, 0.3) is 0 Å². The fraction of sp³-hybridized carbons (Fsp3) is 0.500. The van der Waals surface area contributed by atoms with E-state index >= 15 is 0 Å². The summed E-state index contributed by atoms with van der Waals surface area (Å²) in [5, 5.41) is 3.93. The second-order valence-corrected chi connectivity index (χ2v) is 1.60. The Hall–Kier alpha value is -0.500. The number of rotatable bonds is 0. The zero-order valence-corrected chi connectivity index (χ0v) is 6.68. The fourth-order valence-corrected chi connectivity index (χ4v) is 0.440. The lowest BCUT2D eigenvalue weighted by atomic mass is 10.5. The van der Waals surface area contributed by atoms with Gasteiger partial charge in [-0.15, -0.1) is 11.6 Å². The van der Waals surface area contributed by atoms with Gasteiger partial charge < -0.3 is 0 Å². The maximum Gasteiger partial charge on any atom is 0.0492 e. The van der Waals surface area contributed by atoms with Crippen molar-refractivity contribution in [2.75, 3.05) is 6.38 Å². The van der Waals surface area contributed by atoms with E-state index in [1.165, 1.54) is 12.1 Å². The van der Waals surface area contributed by atoms with Gasteiger partial charge in [-0.05, 0) is 13.0 Å². The van der Waals surface area contributed by atoms with Gasteiger partial charge in [0.1, 0.15) is 0 Å². The number of hydrogen-bond acceptors (Lipinski definition) is 1. The van der Waals surface area contributed by atoms with Crippen molar-refractivity contribution in [2.45, 2.75) is 6.92 Å². The number of nitrogens with zero attached hydrogens (tertiary/aromatic N) is 2. The minimum atomic E-state index is 1.19. The molecule has 2 nitrogen and oxygen atoms in total. The Kier molecular flexibility index (Phi) is 4.14. The number of halogens is 1. The molecule has 0 N–H and O–H groups in total. The summed E-state index contributed by atoms with van der Waals surface area (Å²) in [6.45, 7) is 2.02. The second kappa shape index (κ2) is 4.39. The zero-order chi connectivity index (χ0) is 7.28. The summed E-state index contributed by atoms with van der Waals surface area (Å²) in [5.41, 5.74) is 1.19. The van der Waals surface area contributed by atoms with E-state index in [9.17, 15) is 0 Å². The molecule has 3 heteroatoms. The van der Waals surface area contributed by atoms with E-state index in [4.69, 9.17) is 0 Å². The van der Waals surface area contributed by atoms with Gasteiger partial charge in [-0.3, -0.25) is 4.68 Å². The first-order chi connectivity index (χ1) is 4.30. The highest BCUT2D eigenvalue weighted by Gasteiger charge is 1.83. The van der Waals surface area contributed by atoms with Crippen molar-refractivity contribution < 1.29 is 0 Å². The maximum atomic E-state index is 4.64. The number of hydrogen-bond donors (Lipinski definition) is 0. The van der Waals surface area contributed by atoms with Crippen molar-refractivity contribution in [2.24, 2.45) is 7.05 Å². The van der Waals surface area contributed by atoms with Gasteiger partial charge in [0.15, 0.2) is 0 Å². The molecule has 9 heavy (non-hydrogen) atoms. The lowest BCUT2D eigenvalue weighted by Crippen LogP contribution is -1.90. The molecule has 1 heterocycles. The van der Waals surface area contributed by atoms with Crippen LogP contribution in [0.2, 0.25) is 0 Å². The largest absolute Gasteiger partial charge is 0.273 e. The van der Waals surface area contributed by atoms with Crippen molar-refractivity contribution in [3.05, 3.63) is 18.0 Å². The van der Waals surface area contributed by atoms with Crippen molar-refractivity contribution in [1.29, 1.82) is 0 Å². The van der Waals surface area contributed by atoms with Gasteiger partial charge in [0, 0.05) is 25.3 Å². The van der Waals surface area contributed by atoms with Crippen LogP contribution < -0.4 is 0 Å². The third kappa shape index (κ3) is 2.51. The Labute approximate surface area is 60.4 Å². The molecule has 0 aliphatic rings. The first-order valence-electron chi connectivity index (χ1n) is 2.63. The Morgan fingerprint density at radius 1 is 1.56 bits per heavy atom. The predicted molar refractivity (Wildman–Crippen MR) is 39.7 cm³/mol. The third-order valence-electron chi connectivity index (χ3n) is 1.07. The Morgan fingerprint density at radius 3 is 2.22 bits per heavy atom. The highest BCUT2D eigenvalue weighted by Crippen LogP contribution is 1.88. The quantitative estimate of drug-likeness (QED) is 0.509. The highest BCUT2D eigenvalue weighted by atomic mass is 35.5. The van der Waals surface area contributed by atoms with Crippen LogP contribution in [0.4, 0.5) is 0 Å². The van der Waals surface area contributed by atoms with E-state index in [0.29, 0.717) is 0 Å². The van der Waals surface area contributed by atoms with Crippen molar-refractivity contribution in [1.82, 2.24) is 9.78 Å². The summed E-state index contributed by atoms with van der Waals surface area (Å²) in [5.74, 6) is 0. The smallest absolute Gasteiger partial charge is 0.0492 e. The van der Waals surface area contributed by atoms with Crippen molar-refractivity contribution in [3.63, 3.8) is 0 Å². The molecule has 1 aromatic rings. The van der Waals surface area contributed by atoms with Crippen molar-refractivity contribution in [3.8, 4) is 0 Å². The molecule has 0 fully saturated rings. The molecular formula is C6H11ClN2. The monoisotopic (exact) mass is 146 g/mol. The standard InChI is InChI=1S/C5H8N2.CH3Cl/c1-5-3-4-6-7(5)2;1-2/h3-4H,1-2H3;1H3. The van der Waals surface area contributed by atoms with Gasteiger partial charge in [-0.25, -0.2) is 0 Å². The molecule has 0 radical (unpaired) electrons. The summed E-state index contributed by atoms with van der Waals surface area (Å²) in [6, 6.07) is 1.97. The average Bonchev–Trinajstić information content (AvgIpc) is 2.23. The van der Waals surface area contributed by atoms with Gasteiger partial charge in [-0.1, -0.05) is 0 Å². The lowest BCUT2D eigenvalue weighted by molar-refractivity contribution is 0.740. The first-order valence-corrected chi connectivity index (χ1v) is 3.38. The van der Waals surface area contributed by atoms with Crippen LogP contribution in [0.5, 0.6) is 0 Å². The Morgan fingerprint density at radius 2 is 2.11 bits per heavy atom. The van der Waals surface area contributed by atoms with Gasteiger partial charge in [0.2, 0.25) is 0 Å². The van der Waals surface area contributed by atoms with Crippen LogP contribution in [-0.2, 0) is 7.05 Å². The summed E-state index contributed by atoms with van der Waals surface area (Å²) in [7, 11) is 1.93. The second-order valence-electron chi connectivity index (χ2n) is 1.60. The lowest BCUT2D eigenvalue weighted by Gasteiger charge is -1.87.